The van der Waals surface area contributed by atoms with E-state index in [4.69, 9.17) is 23.2 Å². The summed E-state index contributed by atoms with van der Waals surface area (Å²) >= 11 is 11.8. The van der Waals surface area contributed by atoms with Gasteiger partial charge in [0.1, 0.15) is 0 Å². The number of aromatic amines is 1. The van der Waals surface area contributed by atoms with E-state index in [9.17, 15) is 9.59 Å². The lowest BCUT2D eigenvalue weighted by Crippen LogP contribution is -2.29. The molecule has 3 N–H and O–H groups in total. The zero-order chi connectivity index (χ0) is 16.4. The smallest absolute Gasteiger partial charge is 0.314 e. The van der Waals surface area contributed by atoms with Gasteiger partial charge in [0.2, 0.25) is 0 Å². The van der Waals surface area contributed by atoms with Gasteiger partial charge in [-0.1, -0.05) is 23.2 Å². The Morgan fingerprint density at radius 1 is 1.00 bits per heavy atom. The van der Waals surface area contributed by atoms with E-state index in [0.717, 1.165) is 10.9 Å². The van der Waals surface area contributed by atoms with E-state index < -0.39 is 11.8 Å². The average Bonchev–Trinajstić information content (AvgIpc) is 2.98. The number of benzene rings is 2. The van der Waals surface area contributed by atoms with Crippen LogP contribution in [0.4, 0.5) is 11.4 Å². The molecule has 0 saturated heterocycles. The number of hydrogen-bond donors (Lipinski definition) is 3. The molecule has 0 atom stereocenters. The number of carbonyl (C=O) groups excluding carboxylic acids is 2. The van der Waals surface area contributed by atoms with Crippen molar-refractivity contribution < 1.29 is 9.59 Å². The van der Waals surface area contributed by atoms with E-state index in [-0.39, 0.29) is 10.7 Å². The number of anilines is 2. The maximum atomic E-state index is 12.0. The van der Waals surface area contributed by atoms with Gasteiger partial charge in [0.25, 0.3) is 0 Å². The molecule has 0 fully saturated rings. The molecule has 0 spiro atoms. The highest BCUT2D eigenvalue weighted by Crippen LogP contribution is 2.25. The Morgan fingerprint density at radius 2 is 1.78 bits per heavy atom. The van der Waals surface area contributed by atoms with Gasteiger partial charge in [0.15, 0.2) is 0 Å². The molecule has 0 radical (unpaired) electrons. The predicted octanol–water partition coefficient (Wildman–Crippen LogP) is 3.45. The molecule has 2 aromatic carbocycles. The Bertz CT molecular complexity index is 907. The standard InChI is InChI=1S/C15H10Cl2N4O2/c16-9-2-4-11(17)13(5-9)20-15(23)14(22)19-10-3-1-8-7-18-21-12(8)6-10/h1-7H,(H,18,21)(H,19,22)(H,20,23). The number of rotatable bonds is 2. The SMILES string of the molecule is O=C(Nc1ccc2cn[nH]c2c1)C(=O)Nc1cc(Cl)ccc1Cl. The van der Waals surface area contributed by atoms with Crippen LogP contribution < -0.4 is 10.6 Å². The van der Waals surface area contributed by atoms with Crippen LogP contribution in [0.1, 0.15) is 0 Å². The van der Waals surface area contributed by atoms with Crippen LogP contribution in [-0.4, -0.2) is 22.0 Å². The Balaban J connectivity index is 1.72. The fraction of sp³-hybridized carbons (Fsp3) is 0. The molecule has 0 aliphatic rings. The zero-order valence-corrected chi connectivity index (χ0v) is 13.1. The summed E-state index contributed by atoms with van der Waals surface area (Å²) in [6.07, 6.45) is 1.66. The topological polar surface area (TPSA) is 86.9 Å². The summed E-state index contributed by atoms with van der Waals surface area (Å²) in [4.78, 5) is 23.9. The van der Waals surface area contributed by atoms with E-state index in [1.165, 1.54) is 12.1 Å². The average molecular weight is 349 g/mol. The first kappa shape index (κ1) is 15.3. The molecule has 2 amide bonds. The van der Waals surface area contributed by atoms with Gasteiger partial charge < -0.3 is 10.6 Å². The summed E-state index contributed by atoms with van der Waals surface area (Å²) in [6, 6.07) is 9.71. The van der Waals surface area contributed by atoms with Crippen molar-refractivity contribution in [2.75, 3.05) is 10.6 Å². The zero-order valence-electron chi connectivity index (χ0n) is 11.6. The molecule has 0 unspecified atom stereocenters. The minimum atomic E-state index is -0.848. The molecular formula is C15H10Cl2N4O2. The Kier molecular flexibility index (Phi) is 4.18. The molecular weight excluding hydrogens is 339 g/mol. The lowest BCUT2D eigenvalue weighted by atomic mass is 10.2. The maximum absolute atomic E-state index is 12.0. The van der Waals surface area contributed by atoms with Crippen molar-refractivity contribution in [2.24, 2.45) is 0 Å². The molecule has 0 bridgehead atoms. The van der Waals surface area contributed by atoms with Crippen LogP contribution in [0, 0.1) is 0 Å². The number of carbonyl (C=O) groups is 2. The van der Waals surface area contributed by atoms with Gasteiger partial charge in [-0.25, -0.2) is 0 Å². The number of fused-ring (bicyclic) bond motifs is 1. The fourth-order valence-electron chi connectivity index (χ4n) is 1.98. The number of nitrogens with one attached hydrogen (secondary N) is 3. The highest BCUT2D eigenvalue weighted by Gasteiger charge is 2.16. The van der Waals surface area contributed by atoms with Gasteiger partial charge in [-0.15, -0.1) is 0 Å². The molecule has 1 heterocycles. The van der Waals surface area contributed by atoms with E-state index in [1.807, 2.05) is 0 Å². The number of hydrogen-bond acceptors (Lipinski definition) is 3. The second kappa shape index (κ2) is 6.28. The van der Waals surface area contributed by atoms with Crippen molar-refractivity contribution in [2.45, 2.75) is 0 Å². The van der Waals surface area contributed by atoms with Crippen molar-refractivity contribution >= 4 is 57.3 Å². The first-order valence-electron chi connectivity index (χ1n) is 6.53. The number of H-pyrrole nitrogens is 1. The molecule has 1 aromatic heterocycles. The minimum Gasteiger partial charge on any atom is -0.318 e. The number of nitrogens with zero attached hydrogens (tertiary/aromatic N) is 1. The van der Waals surface area contributed by atoms with Gasteiger partial charge in [-0.05, 0) is 36.4 Å². The van der Waals surface area contributed by atoms with Gasteiger partial charge in [0, 0.05) is 16.1 Å². The van der Waals surface area contributed by atoms with Crippen molar-refractivity contribution in [1.29, 1.82) is 0 Å². The number of halogens is 2. The number of aromatic nitrogens is 2. The van der Waals surface area contributed by atoms with Crippen LogP contribution in [0.25, 0.3) is 10.9 Å². The van der Waals surface area contributed by atoms with Gasteiger partial charge in [0.05, 0.1) is 22.4 Å². The monoisotopic (exact) mass is 348 g/mol. The molecule has 116 valence electrons. The third kappa shape index (κ3) is 3.44. The van der Waals surface area contributed by atoms with Crippen LogP contribution in [0.2, 0.25) is 10.0 Å². The summed E-state index contributed by atoms with van der Waals surface area (Å²) in [5.74, 6) is -1.67. The third-order valence-corrected chi connectivity index (χ3v) is 3.65. The second-order valence-corrected chi connectivity index (χ2v) is 5.55. The Labute approximate surface area is 140 Å². The minimum absolute atomic E-state index is 0.267. The molecule has 3 aromatic rings. The van der Waals surface area contributed by atoms with Crippen molar-refractivity contribution in [3.63, 3.8) is 0 Å². The highest BCUT2D eigenvalue weighted by atomic mass is 35.5. The molecule has 8 heteroatoms. The highest BCUT2D eigenvalue weighted by molar-refractivity contribution is 6.45. The van der Waals surface area contributed by atoms with Gasteiger partial charge in [-0.2, -0.15) is 5.10 Å². The first-order chi connectivity index (χ1) is 11.0. The molecule has 3 rings (SSSR count). The lowest BCUT2D eigenvalue weighted by molar-refractivity contribution is -0.132. The molecule has 6 nitrogen and oxygen atoms in total. The summed E-state index contributed by atoms with van der Waals surface area (Å²) in [7, 11) is 0. The summed E-state index contributed by atoms with van der Waals surface area (Å²) in [6.45, 7) is 0. The van der Waals surface area contributed by atoms with E-state index >= 15 is 0 Å². The van der Waals surface area contributed by atoms with Crippen LogP contribution in [0.3, 0.4) is 0 Å². The van der Waals surface area contributed by atoms with Crippen LogP contribution >= 0.6 is 23.2 Å². The first-order valence-corrected chi connectivity index (χ1v) is 7.29. The van der Waals surface area contributed by atoms with E-state index in [2.05, 4.69) is 20.8 Å². The maximum Gasteiger partial charge on any atom is 0.314 e. The van der Waals surface area contributed by atoms with Crippen molar-refractivity contribution in [1.82, 2.24) is 10.2 Å². The summed E-state index contributed by atoms with van der Waals surface area (Å²) in [5, 5.41) is 13.2. The summed E-state index contributed by atoms with van der Waals surface area (Å²) < 4.78 is 0. The van der Waals surface area contributed by atoms with E-state index in [0.29, 0.717) is 10.7 Å². The number of amides is 2. The van der Waals surface area contributed by atoms with Gasteiger partial charge >= 0.3 is 11.8 Å². The van der Waals surface area contributed by atoms with Crippen LogP contribution in [-0.2, 0) is 9.59 Å². The predicted molar refractivity (Wildman–Crippen MR) is 89.8 cm³/mol. The molecule has 23 heavy (non-hydrogen) atoms. The Morgan fingerprint density at radius 3 is 2.61 bits per heavy atom. The lowest BCUT2D eigenvalue weighted by Gasteiger charge is -2.08. The van der Waals surface area contributed by atoms with Crippen molar-refractivity contribution in [3.8, 4) is 0 Å². The molecule has 0 saturated carbocycles. The van der Waals surface area contributed by atoms with Gasteiger partial charge in [-0.3, -0.25) is 14.7 Å². The third-order valence-electron chi connectivity index (χ3n) is 3.08. The van der Waals surface area contributed by atoms with Crippen molar-refractivity contribution in [3.05, 3.63) is 52.6 Å². The van der Waals surface area contributed by atoms with Crippen LogP contribution in [0.5, 0.6) is 0 Å². The summed E-state index contributed by atoms with van der Waals surface area (Å²) in [5.41, 5.74) is 1.49. The fourth-order valence-corrected chi connectivity index (χ4v) is 2.31. The molecule has 0 aliphatic heterocycles. The van der Waals surface area contributed by atoms with E-state index in [1.54, 1.807) is 30.5 Å². The largest absolute Gasteiger partial charge is 0.318 e. The quantitative estimate of drug-likeness (QED) is 0.620. The normalized spacial score (nSPS) is 10.5. The molecule has 0 aliphatic carbocycles. The Hall–Kier alpha value is -2.57. The second-order valence-electron chi connectivity index (χ2n) is 4.70. The van der Waals surface area contributed by atoms with Crippen LogP contribution in [0.15, 0.2) is 42.6 Å².